The largest absolute Gasteiger partial charge is 0.376 e. The number of hydrogen-bond donors (Lipinski definition) is 0. The maximum Gasteiger partial charge on any atom is 0.333 e. The smallest absolute Gasteiger partial charge is 0.333 e. The first-order valence-electron chi connectivity index (χ1n) is 27.3. The lowest BCUT2D eigenvalue weighted by atomic mass is 9.42. The third-order valence-electron chi connectivity index (χ3n) is 19.1. The van der Waals surface area contributed by atoms with E-state index in [0.29, 0.717) is 0 Å². The van der Waals surface area contributed by atoms with Gasteiger partial charge in [0.1, 0.15) is 0 Å². The quantitative estimate of drug-likeness (QED) is 0.163. The Morgan fingerprint density at radius 3 is 1.60 bits per heavy atom. The van der Waals surface area contributed by atoms with Crippen LogP contribution in [0.15, 0.2) is 109 Å². The van der Waals surface area contributed by atoms with Crippen molar-refractivity contribution in [1.82, 2.24) is 0 Å². The molecule has 2 nitrogen and oxygen atoms in total. The predicted octanol–water partition coefficient (Wildman–Crippen LogP) is 17.6. The van der Waals surface area contributed by atoms with Crippen molar-refractivity contribution in [1.29, 1.82) is 0 Å². The molecule has 0 fully saturated rings. The van der Waals surface area contributed by atoms with Crippen LogP contribution in [0.25, 0.3) is 33.4 Å². The summed E-state index contributed by atoms with van der Waals surface area (Å²) in [6, 6.07) is 44.8. The first-order valence-corrected chi connectivity index (χ1v) is 27.3. The normalized spacial score (nSPS) is 18.9. The van der Waals surface area contributed by atoms with E-state index in [9.17, 15) is 0 Å². The van der Waals surface area contributed by atoms with Gasteiger partial charge in [0.2, 0.25) is 0 Å². The topological polar surface area (TPSA) is 6.48 Å². The molecule has 5 aliphatic rings. The molecule has 2 aliphatic heterocycles. The minimum Gasteiger partial charge on any atom is -0.376 e. The van der Waals surface area contributed by atoms with Crippen LogP contribution in [0.5, 0.6) is 0 Å². The molecule has 0 atom stereocenters. The van der Waals surface area contributed by atoms with Gasteiger partial charge in [0, 0.05) is 39.4 Å². The SMILES string of the molecule is Cc1cc(C)c(-c2cc3c4c(c2)N(c2cc5c(cc2C)C(C)(C)CCC5(C)C)c2cc5c(cc2B4N(c2ccc(C(C)(C)C)cc2)c2cc4c(cc2-3)C(C)(C)CCC4(C)C)C(C)(C)c2ccccc2-5)c(C)c1. The van der Waals surface area contributed by atoms with Crippen molar-refractivity contribution >= 4 is 46.2 Å². The average molecular weight is 945 g/mol. The standard InChI is InChI=1S/C69H77BN2/c1-40-30-42(3)62(43(4)31-40)44-33-50-49-35-54-56(68(14,15)29-27-66(54,10)11)39-59(49)72(46-24-22-45(23-25-46)64(5,6)7)70-57-37-52-48(47-20-18-19-21-51(47)69(52,16)17)36-60(57)71(61(34-44)63(50)70)58-38-55-53(32-41(58)2)65(8,9)26-28-67(55,12)13/h18-25,30-39H,26-29H2,1-17H3. The Kier molecular flexibility index (Phi) is 9.94. The minimum atomic E-state index is -0.170. The summed E-state index contributed by atoms with van der Waals surface area (Å²) in [7, 11) is 0. The molecule has 0 N–H and O–H groups in total. The summed E-state index contributed by atoms with van der Waals surface area (Å²) in [6.45, 7) is 41.0. The third-order valence-corrected chi connectivity index (χ3v) is 19.1. The Hall–Kier alpha value is -5.80. The maximum atomic E-state index is 2.79. The molecule has 0 spiro atoms. The van der Waals surface area contributed by atoms with Gasteiger partial charge in [-0.15, -0.1) is 0 Å². The van der Waals surface area contributed by atoms with Crippen LogP contribution >= 0.6 is 0 Å². The van der Waals surface area contributed by atoms with Crippen LogP contribution in [-0.4, -0.2) is 6.85 Å². The molecule has 0 saturated carbocycles. The van der Waals surface area contributed by atoms with Crippen LogP contribution in [0.1, 0.15) is 177 Å². The zero-order valence-corrected chi connectivity index (χ0v) is 46.7. The number of anilines is 5. The number of fused-ring (bicyclic) bond motifs is 9. The molecule has 12 rings (SSSR count). The van der Waals surface area contributed by atoms with Crippen molar-refractivity contribution < 1.29 is 0 Å². The number of rotatable bonds is 3. The number of benzene rings is 7. The van der Waals surface area contributed by atoms with Crippen LogP contribution in [-0.2, 0) is 32.5 Å². The summed E-state index contributed by atoms with van der Waals surface area (Å²) in [6.07, 6.45) is 4.69. The Morgan fingerprint density at radius 2 is 1.00 bits per heavy atom. The Labute approximate surface area is 433 Å². The maximum absolute atomic E-state index is 2.79. The van der Waals surface area contributed by atoms with Gasteiger partial charge in [0.05, 0.1) is 0 Å². The summed E-state index contributed by atoms with van der Waals surface area (Å²) < 4.78 is 0. The molecular weight excluding hydrogens is 868 g/mol. The molecule has 72 heavy (non-hydrogen) atoms. The zero-order chi connectivity index (χ0) is 51.1. The van der Waals surface area contributed by atoms with E-state index in [1.54, 1.807) is 0 Å². The highest BCUT2D eigenvalue weighted by Crippen LogP contribution is 2.57. The Bertz CT molecular complexity index is 3450. The molecule has 3 heteroatoms. The lowest BCUT2D eigenvalue weighted by Gasteiger charge is -2.49. The highest BCUT2D eigenvalue weighted by atomic mass is 15.2. The van der Waals surface area contributed by atoms with Crippen molar-refractivity contribution in [3.8, 4) is 33.4 Å². The van der Waals surface area contributed by atoms with Crippen molar-refractivity contribution in [2.45, 2.75) is 176 Å². The van der Waals surface area contributed by atoms with Crippen LogP contribution in [0.2, 0.25) is 0 Å². The number of nitrogens with zero attached hydrogens (tertiary/aromatic N) is 2. The van der Waals surface area contributed by atoms with E-state index < -0.39 is 0 Å². The highest BCUT2D eigenvalue weighted by Gasteiger charge is 2.50. The molecule has 0 bridgehead atoms. The fourth-order valence-electron chi connectivity index (χ4n) is 14.6. The van der Waals surface area contributed by atoms with Crippen molar-refractivity contribution in [2.75, 3.05) is 9.71 Å². The minimum absolute atomic E-state index is 0.0328. The van der Waals surface area contributed by atoms with Gasteiger partial charge >= 0.3 is 6.85 Å². The summed E-state index contributed by atoms with van der Waals surface area (Å²) >= 11 is 0. The first kappa shape index (κ1) is 47.2. The summed E-state index contributed by atoms with van der Waals surface area (Å²) in [4.78, 5) is 5.54. The second-order valence-corrected chi connectivity index (χ2v) is 27.4. The fraction of sp³-hybridized carbons (Fsp3) is 0.391. The molecule has 0 unspecified atom stereocenters. The second-order valence-electron chi connectivity index (χ2n) is 27.4. The van der Waals surface area contributed by atoms with E-state index in [4.69, 9.17) is 0 Å². The summed E-state index contributed by atoms with van der Waals surface area (Å²) in [5.74, 6) is 0. The molecular formula is C69H77BN2. The zero-order valence-electron chi connectivity index (χ0n) is 46.7. The Balaban J connectivity index is 1.27. The molecule has 0 saturated heterocycles. The average Bonchev–Trinajstić information content (AvgIpc) is 3.53. The van der Waals surface area contributed by atoms with Crippen molar-refractivity contribution in [3.63, 3.8) is 0 Å². The summed E-state index contributed by atoms with van der Waals surface area (Å²) in [5.41, 5.74) is 32.8. The van der Waals surface area contributed by atoms with Crippen LogP contribution in [0, 0.1) is 27.7 Å². The number of hydrogen-bond acceptors (Lipinski definition) is 2. The van der Waals surface area contributed by atoms with Gasteiger partial charge in [-0.2, -0.15) is 0 Å². The van der Waals surface area contributed by atoms with Gasteiger partial charge in [-0.3, -0.25) is 0 Å². The van der Waals surface area contributed by atoms with Gasteiger partial charge in [-0.25, -0.2) is 0 Å². The molecule has 3 aliphatic carbocycles. The number of aryl methyl sites for hydroxylation is 4. The van der Waals surface area contributed by atoms with E-state index in [0.717, 1.165) is 0 Å². The lowest BCUT2D eigenvalue weighted by Crippen LogP contribution is -2.62. The summed E-state index contributed by atoms with van der Waals surface area (Å²) in [5, 5.41) is 0. The van der Waals surface area contributed by atoms with Crippen LogP contribution in [0.4, 0.5) is 28.4 Å². The highest BCUT2D eigenvalue weighted by molar-refractivity contribution is 6.93. The monoisotopic (exact) mass is 945 g/mol. The third kappa shape index (κ3) is 6.73. The predicted molar refractivity (Wildman–Crippen MR) is 311 cm³/mol. The van der Waals surface area contributed by atoms with E-state index in [1.807, 2.05) is 0 Å². The molecule has 7 aromatic rings. The van der Waals surface area contributed by atoms with E-state index in [2.05, 4.69) is 237 Å². The van der Waals surface area contributed by atoms with Gasteiger partial charge in [-0.1, -0.05) is 156 Å². The molecule has 2 heterocycles. The van der Waals surface area contributed by atoms with E-state index in [1.165, 1.54) is 160 Å². The molecule has 7 aromatic carbocycles. The molecule has 0 radical (unpaired) electrons. The van der Waals surface area contributed by atoms with Crippen molar-refractivity contribution in [2.24, 2.45) is 0 Å². The van der Waals surface area contributed by atoms with E-state index >= 15 is 0 Å². The van der Waals surface area contributed by atoms with E-state index in [-0.39, 0.29) is 39.3 Å². The van der Waals surface area contributed by atoms with Gasteiger partial charge < -0.3 is 9.71 Å². The van der Waals surface area contributed by atoms with Crippen molar-refractivity contribution in [3.05, 3.63) is 170 Å². The lowest BCUT2D eigenvalue weighted by molar-refractivity contribution is 0.332. The van der Waals surface area contributed by atoms with Crippen LogP contribution in [0.3, 0.4) is 0 Å². The first-order chi connectivity index (χ1) is 33.7. The van der Waals surface area contributed by atoms with Gasteiger partial charge in [0.25, 0.3) is 0 Å². The van der Waals surface area contributed by atoms with Gasteiger partial charge in [0.15, 0.2) is 0 Å². The second kappa shape index (κ2) is 15.1. The Morgan fingerprint density at radius 1 is 0.444 bits per heavy atom. The molecule has 0 amide bonds. The molecule has 0 aromatic heterocycles. The van der Waals surface area contributed by atoms with Crippen LogP contribution < -0.4 is 20.6 Å². The fourth-order valence-corrected chi connectivity index (χ4v) is 14.6. The van der Waals surface area contributed by atoms with Gasteiger partial charge in [-0.05, 0) is 223 Å². The molecule has 366 valence electrons.